The topological polar surface area (TPSA) is 63.2 Å². The molecule has 1 aromatic carbocycles. The molecule has 0 amide bonds. The van der Waals surface area contributed by atoms with Crippen molar-refractivity contribution in [3.63, 3.8) is 0 Å². The number of rotatable bonds is 4. The molecule has 0 aliphatic carbocycles. The molecule has 2 aromatic heterocycles. The van der Waals surface area contributed by atoms with E-state index in [0.717, 1.165) is 33.7 Å². The summed E-state index contributed by atoms with van der Waals surface area (Å²) < 4.78 is 23.9. The average Bonchev–Trinajstić information content (AvgIpc) is 3.20. The second kappa shape index (κ2) is 6.38. The first-order valence-electron chi connectivity index (χ1n) is 8.34. The number of hydrogen-bond acceptors (Lipinski definition) is 6. The van der Waals surface area contributed by atoms with Crippen molar-refractivity contribution in [2.24, 2.45) is 0 Å². The standard InChI is InChI=1S/C18H19N3O2S2/c1-2-21(14-8-9-25(22,23)11-14)17-16-15(13-6-4-3-5-7-13)10-24-18(16)20-12-19-17/h3-7,10,12,14H,2,8-9,11H2,1H3. The molecule has 0 saturated carbocycles. The van der Waals surface area contributed by atoms with E-state index in [1.807, 2.05) is 25.1 Å². The van der Waals surface area contributed by atoms with Crippen LogP contribution in [0.3, 0.4) is 0 Å². The molecule has 4 rings (SSSR count). The van der Waals surface area contributed by atoms with Crippen molar-refractivity contribution >= 4 is 37.2 Å². The molecule has 3 heterocycles. The molecule has 25 heavy (non-hydrogen) atoms. The summed E-state index contributed by atoms with van der Waals surface area (Å²) in [7, 11) is -2.94. The molecule has 130 valence electrons. The Bertz CT molecular complexity index is 1000. The summed E-state index contributed by atoms with van der Waals surface area (Å²) in [5.41, 5.74) is 2.23. The molecule has 3 aromatic rings. The minimum absolute atomic E-state index is 0.0170. The number of fused-ring (bicyclic) bond motifs is 1. The van der Waals surface area contributed by atoms with Crippen LogP contribution < -0.4 is 4.90 Å². The van der Waals surface area contributed by atoms with E-state index in [9.17, 15) is 8.42 Å². The van der Waals surface area contributed by atoms with Gasteiger partial charge in [0.15, 0.2) is 9.84 Å². The summed E-state index contributed by atoms with van der Waals surface area (Å²) in [5.74, 6) is 1.31. The van der Waals surface area contributed by atoms with Gasteiger partial charge in [-0.2, -0.15) is 0 Å². The smallest absolute Gasteiger partial charge is 0.152 e. The van der Waals surface area contributed by atoms with Crippen LogP contribution in [0, 0.1) is 0 Å². The van der Waals surface area contributed by atoms with Crippen molar-refractivity contribution in [1.29, 1.82) is 0 Å². The Morgan fingerprint density at radius 1 is 1.24 bits per heavy atom. The molecule has 0 N–H and O–H groups in total. The molecule has 7 heteroatoms. The van der Waals surface area contributed by atoms with Gasteiger partial charge in [0.05, 0.1) is 16.9 Å². The molecule has 1 saturated heterocycles. The van der Waals surface area contributed by atoms with Crippen LogP contribution in [0.1, 0.15) is 13.3 Å². The molecule has 1 unspecified atom stereocenters. The van der Waals surface area contributed by atoms with E-state index in [0.29, 0.717) is 6.42 Å². The Morgan fingerprint density at radius 2 is 2.04 bits per heavy atom. The van der Waals surface area contributed by atoms with Crippen molar-refractivity contribution in [2.45, 2.75) is 19.4 Å². The fourth-order valence-corrected chi connectivity index (χ4v) is 6.15. The van der Waals surface area contributed by atoms with Crippen LogP contribution in [-0.4, -0.2) is 42.5 Å². The Labute approximate surface area is 151 Å². The largest absolute Gasteiger partial charge is 0.352 e. The highest BCUT2D eigenvalue weighted by Crippen LogP contribution is 2.39. The quantitative estimate of drug-likeness (QED) is 0.702. The van der Waals surface area contributed by atoms with Crippen molar-refractivity contribution in [1.82, 2.24) is 9.97 Å². The van der Waals surface area contributed by atoms with E-state index < -0.39 is 9.84 Å². The predicted octanol–water partition coefficient (Wildman–Crippen LogP) is 3.37. The Hall–Kier alpha value is -1.99. The van der Waals surface area contributed by atoms with Gasteiger partial charge in [-0.1, -0.05) is 30.3 Å². The summed E-state index contributed by atoms with van der Waals surface area (Å²) in [4.78, 5) is 12.0. The molecule has 5 nitrogen and oxygen atoms in total. The van der Waals surface area contributed by atoms with Gasteiger partial charge in [-0.05, 0) is 18.9 Å². The third-order valence-corrected chi connectivity index (χ3v) is 7.33. The van der Waals surface area contributed by atoms with E-state index >= 15 is 0 Å². The zero-order chi connectivity index (χ0) is 17.4. The van der Waals surface area contributed by atoms with Crippen LogP contribution in [0.15, 0.2) is 42.0 Å². The van der Waals surface area contributed by atoms with Crippen LogP contribution in [0.5, 0.6) is 0 Å². The van der Waals surface area contributed by atoms with Gasteiger partial charge in [-0.3, -0.25) is 0 Å². The van der Waals surface area contributed by atoms with Gasteiger partial charge in [0, 0.05) is 23.5 Å². The number of aromatic nitrogens is 2. The maximum atomic E-state index is 11.9. The minimum atomic E-state index is -2.94. The van der Waals surface area contributed by atoms with Gasteiger partial charge in [-0.15, -0.1) is 11.3 Å². The lowest BCUT2D eigenvalue weighted by atomic mass is 10.1. The number of hydrogen-bond donors (Lipinski definition) is 0. The van der Waals surface area contributed by atoms with E-state index in [1.54, 1.807) is 17.7 Å². The third kappa shape index (κ3) is 3.02. The molecule has 0 bridgehead atoms. The minimum Gasteiger partial charge on any atom is -0.352 e. The van der Waals surface area contributed by atoms with Crippen molar-refractivity contribution in [2.75, 3.05) is 23.0 Å². The fourth-order valence-electron chi connectivity index (χ4n) is 3.51. The zero-order valence-corrected chi connectivity index (χ0v) is 15.6. The first kappa shape index (κ1) is 16.5. The Morgan fingerprint density at radius 3 is 2.72 bits per heavy atom. The van der Waals surface area contributed by atoms with E-state index in [1.165, 1.54) is 0 Å². The van der Waals surface area contributed by atoms with Gasteiger partial charge < -0.3 is 4.90 Å². The van der Waals surface area contributed by atoms with E-state index in [-0.39, 0.29) is 17.5 Å². The second-order valence-corrected chi connectivity index (χ2v) is 9.32. The number of thiophene rings is 1. The summed E-state index contributed by atoms with van der Waals surface area (Å²) in [6.45, 7) is 2.77. The molecule has 1 aliphatic rings. The molecule has 1 fully saturated rings. The molecular weight excluding hydrogens is 354 g/mol. The summed E-state index contributed by atoms with van der Waals surface area (Å²) in [6.07, 6.45) is 2.24. The molecule has 1 aliphatic heterocycles. The van der Waals surface area contributed by atoms with Gasteiger partial charge in [0.2, 0.25) is 0 Å². The average molecular weight is 374 g/mol. The molecule has 0 radical (unpaired) electrons. The Kier molecular flexibility index (Phi) is 4.21. The van der Waals surface area contributed by atoms with Crippen molar-refractivity contribution in [3.8, 4) is 11.1 Å². The van der Waals surface area contributed by atoms with Crippen LogP contribution >= 0.6 is 11.3 Å². The highest BCUT2D eigenvalue weighted by atomic mass is 32.2. The van der Waals surface area contributed by atoms with Crippen LogP contribution in [0.4, 0.5) is 5.82 Å². The normalized spacial score (nSPS) is 19.3. The fraction of sp³-hybridized carbons (Fsp3) is 0.333. The maximum absolute atomic E-state index is 11.9. The monoisotopic (exact) mass is 373 g/mol. The molecule has 0 spiro atoms. The zero-order valence-electron chi connectivity index (χ0n) is 13.9. The summed E-state index contributed by atoms with van der Waals surface area (Å²) in [6, 6.07) is 10.2. The number of benzene rings is 1. The number of sulfone groups is 1. The predicted molar refractivity (Wildman–Crippen MR) is 103 cm³/mol. The lowest BCUT2D eigenvalue weighted by Crippen LogP contribution is -2.36. The SMILES string of the molecule is CCN(c1ncnc2scc(-c3ccccc3)c12)C1CCS(=O)(=O)C1. The van der Waals surface area contributed by atoms with E-state index in [4.69, 9.17) is 0 Å². The van der Waals surface area contributed by atoms with Gasteiger partial charge in [0.25, 0.3) is 0 Å². The summed E-state index contributed by atoms with van der Waals surface area (Å²) in [5, 5.41) is 3.13. The van der Waals surface area contributed by atoms with E-state index in [2.05, 4.69) is 32.4 Å². The molecule has 1 atom stereocenters. The van der Waals surface area contributed by atoms with Crippen LogP contribution in [0.2, 0.25) is 0 Å². The molecular formula is C18H19N3O2S2. The second-order valence-electron chi connectivity index (χ2n) is 6.24. The van der Waals surface area contributed by atoms with Gasteiger partial charge >= 0.3 is 0 Å². The highest BCUT2D eigenvalue weighted by molar-refractivity contribution is 7.91. The first-order chi connectivity index (χ1) is 12.1. The van der Waals surface area contributed by atoms with Gasteiger partial charge in [0.1, 0.15) is 17.0 Å². The maximum Gasteiger partial charge on any atom is 0.152 e. The van der Waals surface area contributed by atoms with Gasteiger partial charge in [-0.25, -0.2) is 18.4 Å². The summed E-state index contributed by atoms with van der Waals surface area (Å²) >= 11 is 1.60. The lowest BCUT2D eigenvalue weighted by Gasteiger charge is -2.28. The number of anilines is 1. The lowest BCUT2D eigenvalue weighted by molar-refractivity contribution is 0.599. The number of nitrogens with zero attached hydrogens (tertiary/aromatic N) is 3. The Balaban J connectivity index is 1.85. The van der Waals surface area contributed by atoms with Crippen LogP contribution in [0.25, 0.3) is 21.3 Å². The van der Waals surface area contributed by atoms with Crippen LogP contribution in [-0.2, 0) is 9.84 Å². The third-order valence-electron chi connectivity index (χ3n) is 4.70. The highest BCUT2D eigenvalue weighted by Gasteiger charge is 2.33. The van der Waals surface area contributed by atoms with Crippen molar-refractivity contribution < 1.29 is 8.42 Å². The van der Waals surface area contributed by atoms with Crippen molar-refractivity contribution in [3.05, 3.63) is 42.0 Å². The first-order valence-corrected chi connectivity index (χ1v) is 11.0.